The normalized spacial score (nSPS) is 11.9. The van der Waals surface area contributed by atoms with E-state index in [1.54, 1.807) is 0 Å². The summed E-state index contributed by atoms with van der Waals surface area (Å²) in [6, 6.07) is 3.41. The molecule has 92 valence electrons. The van der Waals surface area contributed by atoms with E-state index in [0.717, 1.165) is 6.07 Å². The summed E-state index contributed by atoms with van der Waals surface area (Å²) in [7, 11) is 1.37. The van der Waals surface area contributed by atoms with Crippen molar-refractivity contribution in [2.75, 3.05) is 12.4 Å². The molecule has 17 heavy (non-hydrogen) atoms. The predicted octanol–water partition coefficient (Wildman–Crippen LogP) is 1.27. The van der Waals surface area contributed by atoms with Crippen LogP contribution in [0.3, 0.4) is 0 Å². The Kier molecular flexibility index (Phi) is 4.00. The van der Waals surface area contributed by atoms with Gasteiger partial charge in [-0.1, -0.05) is 0 Å². The van der Waals surface area contributed by atoms with Gasteiger partial charge in [-0.3, -0.25) is 14.9 Å². The highest BCUT2D eigenvalue weighted by atomic mass is 16.6. The summed E-state index contributed by atoms with van der Waals surface area (Å²) < 4.78 is 4.78. The zero-order chi connectivity index (χ0) is 13.0. The molecule has 0 spiro atoms. The van der Waals surface area contributed by atoms with E-state index in [-0.39, 0.29) is 17.1 Å². The number of non-ortho nitro benzene ring substituents is 1. The van der Waals surface area contributed by atoms with Crippen LogP contribution in [-0.4, -0.2) is 29.2 Å². The van der Waals surface area contributed by atoms with Gasteiger partial charge in [0.05, 0.1) is 16.7 Å². The Labute approximate surface area is 97.2 Å². The lowest BCUT2D eigenvalue weighted by molar-refractivity contribution is -0.384. The molecule has 0 aliphatic rings. The molecule has 1 aromatic rings. The predicted molar refractivity (Wildman–Crippen MR) is 59.9 cm³/mol. The number of anilines is 1. The van der Waals surface area contributed by atoms with Gasteiger partial charge in [0, 0.05) is 13.2 Å². The smallest absolute Gasteiger partial charge is 0.273 e. The summed E-state index contributed by atoms with van der Waals surface area (Å²) in [6.45, 7) is 1.54. The number of ether oxygens (including phenoxy) is 1. The molecule has 0 saturated carbocycles. The summed E-state index contributed by atoms with van der Waals surface area (Å²) in [4.78, 5) is 21.2. The van der Waals surface area contributed by atoms with Gasteiger partial charge >= 0.3 is 0 Å². The van der Waals surface area contributed by atoms with Gasteiger partial charge in [0.1, 0.15) is 11.9 Å². The number of aromatic hydroxyl groups is 1. The Morgan fingerprint density at radius 2 is 2.24 bits per heavy atom. The van der Waals surface area contributed by atoms with Crippen LogP contribution in [0, 0.1) is 10.1 Å². The molecular weight excluding hydrogens is 228 g/mol. The van der Waals surface area contributed by atoms with Crippen molar-refractivity contribution in [2.45, 2.75) is 13.0 Å². The number of nitro groups is 1. The Hall–Kier alpha value is -2.15. The lowest BCUT2D eigenvalue weighted by Crippen LogP contribution is -2.26. The Morgan fingerprint density at radius 1 is 1.59 bits per heavy atom. The van der Waals surface area contributed by atoms with Crippen molar-refractivity contribution in [3.63, 3.8) is 0 Å². The molecule has 1 atom stereocenters. The molecular formula is C10H12N2O5. The Bertz CT molecular complexity index is 446. The van der Waals surface area contributed by atoms with E-state index in [9.17, 15) is 20.0 Å². The number of nitrogens with zero attached hydrogens (tertiary/aromatic N) is 1. The molecule has 0 aliphatic carbocycles. The largest absolute Gasteiger partial charge is 0.506 e. The standard InChI is InChI=1S/C10H12N2O5/c1-6(17-2)10(14)11-8-4-3-7(12(15)16)5-9(8)13/h3-6,13H,1-2H3,(H,11,14). The monoisotopic (exact) mass is 240 g/mol. The number of phenolic OH excluding ortho intramolecular Hbond substituents is 1. The molecule has 1 aromatic carbocycles. The average molecular weight is 240 g/mol. The molecule has 2 N–H and O–H groups in total. The first-order valence-corrected chi connectivity index (χ1v) is 4.76. The van der Waals surface area contributed by atoms with E-state index in [1.165, 1.54) is 26.2 Å². The number of benzene rings is 1. The molecule has 0 radical (unpaired) electrons. The van der Waals surface area contributed by atoms with Crippen molar-refractivity contribution >= 4 is 17.3 Å². The number of methoxy groups -OCH3 is 1. The molecule has 0 bridgehead atoms. The number of nitrogens with one attached hydrogen (secondary N) is 1. The minimum absolute atomic E-state index is 0.101. The lowest BCUT2D eigenvalue weighted by Gasteiger charge is -2.11. The second-order valence-electron chi connectivity index (χ2n) is 3.33. The number of phenols is 1. The second kappa shape index (κ2) is 5.26. The minimum atomic E-state index is -0.676. The number of nitro benzene ring substituents is 1. The molecule has 0 fully saturated rings. The van der Waals surface area contributed by atoms with Crippen molar-refractivity contribution in [3.8, 4) is 5.75 Å². The SMILES string of the molecule is COC(C)C(=O)Nc1ccc([N+](=O)[O-])cc1O. The van der Waals surface area contributed by atoms with Crippen LogP contribution in [0.5, 0.6) is 5.75 Å². The van der Waals surface area contributed by atoms with Gasteiger partial charge in [-0.2, -0.15) is 0 Å². The van der Waals surface area contributed by atoms with Gasteiger partial charge in [0.25, 0.3) is 11.6 Å². The third kappa shape index (κ3) is 3.15. The topological polar surface area (TPSA) is 102 Å². The zero-order valence-corrected chi connectivity index (χ0v) is 9.34. The van der Waals surface area contributed by atoms with Gasteiger partial charge in [0.15, 0.2) is 0 Å². The highest BCUT2D eigenvalue weighted by Gasteiger charge is 2.15. The molecule has 0 aromatic heterocycles. The maximum Gasteiger partial charge on any atom is 0.273 e. The van der Waals surface area contributed by atoms with Crippen LogP contribution < -0.4 is 5.32 Å². The third-order valence-corrected chi connectivity index (χ3v) is 2.17. The van der Waals surface area contributed by atoms with Crippen LogP contribution in [0.25, 0.3) is 0 Å². The fraction of sp³-hybridized carbons (Fsp3) is 0.300. The van der Waals surface area contributed by atoms with Gasteiger partial charge in [0.2, 0.25) is 0 Å². The van der Waals surface area contributed by atoms with Crippen LogP contribution in [0.4, 0.5) is 11.4 Å². The van der Waals surface area contributed by atoms with E-state index >= 15 is 0 Å². The maximum atomic E-state index is 11.4. The van der Waals surface area contributed by atoms with Crippen molar-refractivity contribution in [1.82, 2.24) is 0 Å². The number of hydrogen-bond acceptors (Lipinski definition) is 5. The summed E-state index contributed by atoms with van der Waals surface area (Å²) in [5, 5.41) is 22.3. The average Bonchev–Trinajstić information content (AvgIpc) is 2.30. The molecule has 0 saturated heterocycles. The van der Waals surface area contributed by atoms with Crippen molar-refractivity contribution in [1.29, 1.82) is 0 Å². The van der Waals surface area contributed by atoms with E-state index in [0.29, 0.717) is 0 Å². The van der Waals surface area contributed by atoms with Gasteiger partial charge in [-0.15, -0.1) is 0 Å². The number of carbonyl (C=O) groups is 1. The molecule has 7 heteroatoms. The summed E-state index contributed by atoms with van der Waals surface area (Å²) in [5.74, 6) is -0.812. The molecule has 7 nitrogen and oxygen atoms in total. The van der Waals surface area contributed by atoms with E-state index in [4.69, 9.17) is 4.74 Å². The van der Waals surface area contributed by atoms with Crippen molar-refractivity contribution < 1.29 is 19.6 Å². The molecule has 0 heterocycles. The molecule has 1 rings (SSSR count). The Balaban J connectivity index is 2.86. The summed E-state index contributed by atoms with van der Waals surface area (Å²) in [6.07, 6.45) is -0.676. The van der Waals surface area contributed by atoms with Crippen molar-refractivity contribution in [3.05, 3.63) is 28.3 Å². The number of rotatable bonds is 4. The molecule has 1 unspecified atom stereocenters. The quantitative estimate of drug-likeness (QED) is 0.468. The van der Waals surface area contributed by atoms with Crippen LogP contribution in [0.15, 0.2) is 18.2 Å². The van der Waals surface area contributed by atoms with Gasteiger partial charge in [-0.05, 0) is 13.0 Å². The number of hydrogen-bond donors (Lipinski definition) is 2. The lowest BCUT2D eigenvalue weighted by atomic mass is 10.2. The van der Waals surface area contributed by atoms with E-state index < -0.39 is 16.9 Å². The first kappa shape index (κ1) is 12.9. The Morgan fingerprint density at radius 3 is 2.71 bits per heavy atom. The molecule has 1 amide bonds. The molecule has 0 aliphatic heterocycles. The maximum absolute atomic E-state index is 11.4. The van der Waals surface area contributed by atoms with Crippen LogP contribution in [0.2, 0.25) is 0 Å². The third-order valence-electron chi connectivity index (χ3n) is 2.17. The van der Waals surface area contributed by atoms with E-state index in [1.807, 2.05) is 0 Å². The fourth-order valence-corrected chi connectivity index (χ4v) is 1.08. The van der Waals surface area contributed by atoms with Crippen LogP contribution in [0.1, 0.15) is 6.92 Å². The van der Waals surface area contributed by atoms with Crippen molar-refractivity contribution in [2.24, 2.45) is 0 Å². The van der Waals surface area contributed by atoms with Crippen LogP contribution in [-0.2, 0) is 9.53 Å². The highest BCUT2D eigenvalue weighted by Crippen LogP contribution is 2.27. The van der Waals surface area contributed by atoms with Crippen LogP contribution >= 0.6 is 0 Å². The first-order chi connectivity index (χ1) is 7.95. The number of carbonyl (C=O) groups excluding carboxylic acids is 1. The second-order valence-corrected chi connectivity index (χ2v) is 3.33. The zero-order valence-electron chi connectivity index (χ0n) is 9.34. The number of amides is 1. The van der Waals surface area contributed by atoms with Gasteiger partial charge in [-0.25, -0.2) is 0 Å². The highest BCUT2D eigenvalue weighted by molar-refractivity contribution is 5.95. The van der Waals surface area contributed by atoms with E-state index in [2.05, 4.69) is 5.32 Å². The first-order valence-electron chi connectivity index (χ1n) is 4.76. The fourth-order valence-electron chi connectivity index (χ4n) is 1.08. The summed E-state index contributed by atoms with van der Waals surface area (Å²) >= 11 is 0. The van der Waals surface area contributed by atoms with Gasteiger partial charge < -0.3 is 15.2 Å². The summed E-state index contributed by atoms with van der Waals surface area (Å²) in [5.41, 5.74) is -0.148. The minimum Gasteiger partial charge on any atom is -0.506 e.